The van der Waals surface area contributed by atoms with Gasteiger partial charge >= 0.3 is 0 Å². The van der Waals surface area contributed by atoms with Crippen molar-refractivity contribution in [3.05, 3.63) is 33.8 Å². The predicted octanol–water partition coefficient (Wildman–Crippen LogP) is 3.04. The number of halogens is 2. The standard InChI is InChI=1S/C11H14Cl2O3/c1-7(14)11(16-6-15-2)9-4-3-8(12)5-10(9)13/h3-5,7,11,14H,6H2,1-2H3. The van der Waals surface area contributed by atoms with Gasteiger partial charge < -0.3 is 14.6 Å². The zero-order chi connectivity index (χ0) is 12.1. The molecule has 1 rings (SSSR count). The molecule has 0 aromatic heterocycles. The number of ether oxygens (including phenoxy) is 2. The largest absolute Gasteiger partial charge is 0.390 e. The first kappa shape index (κ1) is 13.7. The third-order valence-electron chi connectivity index (χ3n) is 2.07. The molecular weight excluding hydrogens is 251 g/mol. The Morgan fingerprint density at radius 1 is 1.38 bits per heavy atom. The summed E-state index contributed by atoms with van der Waals surface area (Å²) in [7, 11) is 1.52. The first-order valence-electron chi connectivity index (χ1n) is 4.79. The van der Waals surface area contributed by atoms with Crippen LogP contribution < -0.4 is 0 Å². The van der Waals surface area contributed by atoms with E-state index in [1.54, 1.807) is 25.1 Å². The molecule has 90 valence electrons. The lowest BCUT2D eigenvalue weighted by molar-refractivity contribution is -0.110. The monoisotopic (exact) mass is 264 g/mol. The second-order valence-electron chi connectivity index (χ2n) is 3.40. The molecule has 0 aliphatic carbocycles. The quantitative estimate of drug-likeness (QED) is 0.831. The van der Waals surface area contributed by atoms with Crippen LogP contribution in [0.3, 0.4) is 0 Å². The normalized spacial score (nSPS) is 14.8. The minimum Gasteiger partial charge on any atom is -0.390 e. The predicted molar refractivity (Wildman–Crippen MR) is 63.8 cm³/mol. The maximum Gasteiger partial charge on any atom is 0.147 e. The second kappa shape index (κ2) is 6.42. The van der Waals surface area contributed by atoms with Crippen molar-refractivity contribution in [3.8, 4) is 0 Å². The third-order valence-corrected chi connectivity index (χ3v) is 2.64. The number of hydrogen-bond donors (Lipinski definition) is 1. The van der Waals surface area contributed by atoms with Crippen molar-refractivity contribution in [1.82, 2.24) is 0 Å². The van der Waals surface area contributed by atoms with Crippen LogP contribution in [0, 0.1) is 0 Å². The lowest BCUT2D eigenvalue weighted by Gasteiger charge is -2.21. The molecule has 5 heteroatoms. The van der Waals surface area contributed by atoms with Gasteiger partial charge in [0.2, 0.25) is 0 Å². The molecule has 0 bridgehead atoms. The molecule has 0 saturated heterocycles. The summed E-state index contributed by atoms with van der Waals surface area (Å²) in [6.07, 6.45) is -1.21. The molecule has 1 N–H and O–H groups in total. The highest BCUT2D eigenvalue weighted by atomic mass is 35.5. The van der Waals surface area contributed by atoms with Gasteiger partial charge in [0.15, 0.2) is 0 Å². The number of aliphatic hydroxyl groups is 1. The SMILES string of the molecule is COCOC(c1ccc(Cl)cc1Cl)C(C)O. The summed E-state index contributed by atoms with van der Waals surface area (Å²) in [5, 5.41) is 10.6. The highest BCUT2D eigenvalue weighted by molar-refractivity contribution is 6.35. The van der Waals surface area contributed by atoms with E-state index >= 15 is 0 Å². The fraction of sp³-hybridized carbons (Fsp3) is 0.455. The van der Waals surface area contributed by atoms with Gasteiger partial charge in [-0.25, -0.2) is 0 Å². The summed E-state index contributed by atoms with van der Waals surface area (Å²) >= 11 is 11.8. The van der Waals surface area contributed by atoms with E-state index in [0.29, 0.717) is 15.6 Å². The molecule has 0 heterocycles. The number of methoxy groups -OCH3 is 1. The molecule has 2 atom stereocenters. The van der Waals surface area contributed by atoms with Crippen LogP contribution >= 0.6 is 23.2 Å². The van der Waals surface area contributed by atoms with Crippen LogP contribution in [0.15, 0.2) is 18.2 Å². The Kier molecular flexibility index (Phi) is 5.52. The highest BCUT2D eigenvalue weighted by Crippen LogP contribution is 2.30. The summed E-state index contributed by atoms with van der Waals surface area (Å²) in [5.41, 5.74) is 0.693. The number of aliphatic hydroxyl groups excluding tert-OH is 1. The first-order valence-corrected chi connectivity index (χ1v) is 5.55. The van der Waals surface area contributed by atoms with Gasteiger partial charge in [-0.2, -0.15) is 0 Å². The minimum absolute atomic E-state index is 0.0918. The molecule has 1 aromatic rings. The minimum atomic E-state index is -0.686. The van der Waals surface area contributed by atoms with Crippen molar-refractivity contribution >= 4 is 23.2 Å². The van der Waals surface area contributed by atoms with Crippen molar-refractivity contribution < 1.29 is 14.6 Å². The van der Waals surface area contributed by atoms with Crippen molar-refractivity contribution in [2.45, 2.75) is 19.1 Å². The number of rotatable bonds is 5. The summed E-state index contributed by atoms with van der Waals surface area (Å²) in [5.74, 6) is 0. The first-order chi connectivity index (χ1) is 7.56. The fourth-order valence-electron chi connectivity index (χ4n) is 1.36. The van der Waals surface area contributed by atoms with E-state index in [1.807, 2.05) is 0 Å². The Hall–Kier alpha value is -0.320. The lowest BCUT2D eigenvalue weighted by atomic mass is 10.1. The van der Waals surface area contributed by atoms with Crippen LogP contribution in [-0.2, 0) is 9.47 Å². The number of benzene rings is 1. The summed E-state index contributed by atoms with van der Waals surface area (Å²) < 4.78 is 10.2. The van der Waals surface area contributed by atoms with Crippen molar-refractivity contribution in [1.29, 1.82) is 0 Å². The molecule has 3 nitrogen and oxygen atoms in total. The van der Waals surface area contributed by atoms with Crippen molar-refractivity contribution in [2.75, 3.05) is 13.9 Å². The Labute approximate surface area is 105 Å². The summed E-state index contributed by atoms with van der Waals surface area (Å²) in [4.78, 5) is 0. The van der Waals surface area contributed by atoms with E-state index in [4.69, 9.17) is 32.7 Å². The average Bonchev–Trinajstić information content (AvgIpc) is 2.20. The average molecular weight is 265 g/mol. The second-order valence-corrected chi connectivity index (χ2v) is 4.24. The summed E-state index contributed by atoms with van der Waals surface area (Å²) in [6, 6.07) is 5.05. The topological polar surface area (TPSA) is 38.7 Å². The van der Waals surface area contributed by atoms with Gasteiger partial charge in [0.05, 0.1) is 6.10 Å². The van der Waals surface area contributed by atoms with Gasteiger partial charge in [0.1, 0.15) is 12.9 Å². The molecule has 1 aromatic carbocycles. The molecular formula is C11H14Cl2O3. The van der Waals surface area contributed by atoms with Crippen LogP contribution in [0.1, 0.15) is 18.6 Å². The van der Waals surface area contributed by atoms with Gasteiger partial charge in [0.25, 0.3) is 0 Å². The van der Waals surface area contributed by atoms with Crippen LogP contribution in [-0.4, -0.2) is 25.1 Å². The molecule has 0 aliphatic rings. The fourth-order valence-corrected chi connectivity index (χ4v) is 1.88. The van der Waals surface area contributed by atoms with Crippen LogP contribution in [0.25, 0.3) is 0 Å². The van der Waals surface area contributed by atoms with Gasteiger partial charge in [0, 0.05) is 22.7 Å². The van der Waals surface area contributed by atoms with E-state index in [0.717, 1.165) is 0 Å². The number of hydrogen-bond acceptors (Lipinski definition) is 3. The molecule has 16 heavy (non-hydrogen) atoms. The van der Waals surface area contributed by atoms with Gasteiger partial charge in [-0.1, -0.05) is 29.3 Å². The van der Waals surface area contributed by atoms with Crippen LogP contribution in [0.5, 0.6) is 0 Å². The van der Waals surface area contributed by atoms with Crippen LogP contribution in [0.2, 0.25) is 10.0 Å². The summed E-state index contributed by atoms with van der Waals surface area (Å²) in [6.45, 7) is 1.72. The maximum absolute atomic E-state index is 9.61. The molecule has 0 aliphatic heterocycles. The zero-order valence-corrected chi connectivity index (χ0v) is 10.6. The van der Waals surface area contributed by atoms with E-state index in [9.17, 15) is 5.11 Å². The van der Waals surface area contributed by atoms with Crippen molar-refractivity contribution in [3.63, 3.8) is 0 Å². The lowest BCUT2D eigenvalue weighted by Crippen LogP contribution is -2.19. The molecule has 0 radical (unpaired) electrons. The highest BCUT2D eigenvalue weighted by Gasteiger charge is 2.20. The maximum atomic E-state index is 9.61. The van der Waals surface area contributed by atoms with Crippen LogP contribution in [0.4, 0.5) is 0 Å². The molecule has 0 spiro atoms. The van der Waals surface area contributed by atoms with E-state index in [2.05, 4.69) is 0 Å². The Balaban J connectivity index is 2.92. The molecule has 0 amide bonds. The Morgan fingerprint density at radius 2 is 2.06 bits per heavy atom. The van der Waals surface area contributed by atoms with Crippen molar-refractivity contribution in [2.24, 2.45) is 0 Å². The Morgan fingerprint density at radius 3 is 2.56 bits per heavy atom. The smallest absolute Gasteiger partial charge is 0.147 e. The molecule has 0 fully saturated rings. The molecule has 0 saturated carbocycles. The zero-order valence-electron chi connectivity index (χ0n) is 9.11. The Bertz CT molecular complexity index is 342. The molecule has 2 unspecified atom stereocenters. The van der Waals surface area contributed by atoms with Gasteiger partial charge in [-0.15, -0.1) is 0 Å². The van der Waals surface area contributed by atoms with E-state index in [1.165, 1.54) is 7.11 Å². The van der Waals surface area contributed by atoms with Gasteiger partial charge in [-0.3, -0.25) is 0 Å². The van der Waals surface area contributed by atoms with E-state index in [-0.39, 0.29) is 6.79 Å². The van der Waals surface area contributed by atoms with Gasteiger partial charge in [-0.05, 0) is 19.1 Å². The van der Waals surface area contributed by atoms with E-state index < -0.39 is 12.2 Å². The third kappa shape index (κ3) is 3.61.